The molecule has 1 rings (SSSR count). The van der Waals surface area contributed by atoms with Gasteiger partial charge >= 0.3 is 5.97 Å². The third kappa shape index (κ3) is 3.93. The van der Waals surface area contributed by atoms with Gasteiger partial charge < -0.3 is 4.74 Å². The van der Waals surface area contributed by atoms with E-state index in [-0.39, 0.29) is 6.42 Å². The zero-order valence-corrected chi connectivity index (χ0v) is 9.19. The smallest absolute Gasteiger partial charge is 0.317 e. The van der Waals surface area contributed by atoms with Gasteiger partial charge in [-0.15, -0.1) is 0 Å². The molecule has 0 aliphatic rings. The number of esters is 1. The fourth-order valence-corrected chi connectivity index (χ4v) is 1.01. The molecule has 0 saturated carbocycles. The number of pyridine rings is 1. The number of carbonyl (C=O) groups is 2. The average Bonchev–Trinajstić information content (AvgIpc) is 2.38. The van der Waals surface area contributed by atoms with E-state index in [1.54, 1.807) is 0 Å². The predicted octanol–water partition coefficient (Wildman–Crippen LogP) is -0.400. The molecule has 6 nitrogen and oxygen atoms in total. The van der Waals surface area contributed by atoms with E-state index in [1.807, 2.05) is 5.43 Å². The highest BCUT2D eigenvalue weighted by molar-refractivity contribution is 5.93. The zero-order valence-electron chi connectivity index (χ0n) is 9.19. The van der Waals surface area contributed by atoms with Crippen molar-refractivity contribution in [3.05, 3.63) is 29.6 Å². The molecule has 0 aromatic carbocycles. The van der Waals surface area contributed by atoms with Crippen LogP contribution in [0.15, 0.2) is 18.5 Å². The van der Waals surface area contributed by atoms with Crippen molar-refractivity contribution in [2.24, 2.45) is 5.84 Å². The summed E-state index contributed by atoms with van der Waals surface area (Å²) in [5.74, 6) is 9.43. The Morgan fingerprint density at radius 3 is 2.94 bits per heavy atom. The molecule has 0 spiro atoms. The van der Waals surface area contributed by atoms with E-state index in [9.17, 15) is 9.59 Å². The molecule has 0 fully saturated rings. The van der Waals surface area contributed by atoms with Gasteiger partial charge in [0, 0.05) is 18.0 Å². The fraction of sp³-hybridized carbons (Fsp3) is 0.182. The summed E-state index contributed by atoms with van der Waals surface area (Å²) >= 11 is 0. The highest BCUT2D eigenvalue weighted by atomic mass is 16.5. The van der Waals surface area contributed by atoms with E-state index < -0.39 is 11.9 Å². The molecule has 1 aromatic rings. The third-order valence-electron chi connectivity index (χ3n) is 1.82. The van der Waals surface area contributed by atoms with Crippen LogP contribution in [0.3, 0.4) is 0 Å². The van der Waals surface area contributed by atoms with Crippen LogP contribution in [-0.2, 0) is 9.53 Å². The van der Waals surface area contributed by atoms with Gasteiger partial charge in [-0.2, -0.15) is 0 Å². The number of aromatic nitrogens is 1. The van der Waals surface area contributed by atoms with Crippen molar-refractivity contribution in [2.75, 3.05) is 7.11 Å². The van der Waals surface area contributed by atoms with Gasteiger partial charge in [0.1, 0.15) is 6.42 Å². The number of nitrogen functional groups attached to an aromatic ring is 1. The quantitative estimate of drug-likeness (QED) is 0.238. The van der Waals surface area contributed by atoms with Crippen LogP contribution in [0.1, 0.15) is 22.3 Å². The van der Waals surface area contributed by atoms with Crippen LogP contribution in [0.2, 0.25) is 0 Å². The number of ether oxygens (including phenoxy) is 1. The molecule has 17 heavy (non-hydrogen) atoms. The first kappa shape index (κ1) is 12.7. The van der Waals surface area contributed by atoms with Crippen molar-refractivity contribution in [1.29, 1.82) is 0 Å². The lowest BCUT2D eigenvalue weighted by Crippen LogP contribution is -2.30. The standard InChI is InChI=1S/C11H11N3O3/c1-17-10(15)4-2-3-8-5-9(7-13-6-8)11(16)14-12/h5-7H,4,12H2,1H3,(H,14,16). The Bertz CT molecular complexity index is 488. The van der Waals surface area contributed by atoms with Crippen molar-refractivity contribution >= 4 is 11.9 Å². The van der Waals surface area contributed by atoms with E-state index in [1.165, 1.54) is 25.6 Å². The Balaban J connectivity index is 2.78. The predicted molar refractivity (Wildman–Crippen MR) is 59.4 cm³/mol. The second-order valence-electron chi connectivity index (χ2n) is 2.99. The molecular formula is C11H11N3O3. The summed E-state index contributed by atoms with van der Waals surface area (Å²) in [5.41, 5.74) is 2.82. The molecule has 0 unspecified atom stereocenters. The number of nitrogens with zero attached hydrogens (tertiary/aromatic N) is 1. The molecule has 0 atom stereocenters. The number of hydrogen-bond acceptors (Lipinski definition) is 5. The average molecular weight is 233 g/mol. The molecule has 0 saturated heterocycles. The minimum Gasteiger partial charge on any atom is -0.468 e. The van der Waals surface area contributed by atoms with Crippen molar-refractivity contribution in [3.8, 4) is 11.8 Å². The Hall–Kier alpha value is -2.39. The molecule has 0 aliphatic heterocycles. The van der Waals surface area contributed by atoms with E-state index in [0.717, 1.165) is 0 Å². The van der Waals surface area contributed by atoms with Crippen molar-refractivity contribution < 1.29 is 14.3 Å². The van der Waals surface area contributed by atoms with Gasteiger partial charge in [-0.05, 0) is 6.07 Å². The molecular weight excluding hydrogens is 222 g/mol. The van der Waals surface area contributed by atoms with E-state index in [2.05, 4.69) is 21.6 Å². The second kappa shape index (κ2) is 6.25. The number of carbonyl (C=O) groups excluding carboxylic acids is 2. The summed E-state index contributed by atoms with van der Waals surface area (Å²) < 4.78 is 4.43. The zero-order chi connectivity index (χ0) is 12.7. The van der Waals surface area contributed by atoms with Crippen molar-refractivity contribution in [2.45, 2.75) is 6.42 Å². The van der Waals surface area contributed by atoms with Crippen LogP contribution in [0.25, 0.3) is 0 Å². The summed E-state index contributed by atoms with van der Waals surface area (Å²) in [6.07, 6.45) is 2.84. The molecule has 6 heteroatoms. The minimum absolute atomic E-state index is 0.0101. The van der Waals surface area contributed by atoms with Gasteiger partial charge in [-0.3, -0.25) is 20.0 Å². The summed E-state index contributed by atoms with van der Waals surface area (Å²) in [6.45, 7) is 0. The topological polar surface area (TPSA) is 94.3 Å². The molecule has 1 aromatic heterocycles. The Morgan fingerprint density at radius 2 is 2.29 bits per heavy atom. The first-order chi connectivity index (χ1) is 8.17. The first-order valence-electron chi connectivity index (χ1n) is 4.69. The first-order valence-corrected chi connectivity index (χ1v) is 4.69. The van der Waals surface area contributed by atoms with E-state index in [4.69, 9.17) is 5.84 Å². The summed E-state index contributed by atoms with van der Waals surface area (Å²) in [6, 6.07) is 1.53. The lowest BCUT2D eigenvalue weighted by Gasteiger charge is -1.98. The van der Waals surface area contributed by atoms with Gasteiger partial charge in [0.15, 0.2) is 0 Å². The molecule has 3 N–H and O–H groups in total. The second-order valence-corrected chi connectivity index (χ2v) is 2.99. The normalized spacial score (nSPS) is 8.82. The van der Waals surface area contributed by atoms with Crippen molar-refractivity contribution in [1.82, 2.24) is 10.4 Å². The lowest BCUT2D eigenvalue weighted by molar-refractivity contribution is -0.139. The van der Waals surface area contributed by atoms with Gasteiger partial charge in [0.25, 0.3) is 5.91 Å². The molecule has 0 aliphatic carbocycles. The summed E-state index contributed by atoms with van der Waals surface area (Å²) in [4.78, 5) is 25.8. The number of methoxy groups -OCH3 is 1. The molecule has 0 bridgehead atoms. The van der Waals surface area contributed by atoms with Gasteiger partial charge in [0.05, 0.1) is 12.7 Å². The number of amides is 1. The van der Waals surface area contributed by atoms with Crippen LogP contribution in [0.4, 0.5) is 0 Å². The largest absolute Gasteiger partial charge is 0.468 e. The van der Waals surface area contributed by atoms with E-state index >= 15 is 0 Å². The maximum Gasteiger partial charge on any atom is 0.317 e. The Morgan fingerprint density at radius 1 is 1.53 bits per heavy atom. The number of hydrogen-bond donors (Lipinski definition) is 2. The monoisotopic (exact) mass is 233 g/mol. The van der Waals surface area contributed by atoms with Crippen LogP contribution in [-0.4, -0.2) is 24.0 Å². The number of hydrazine groups is 1. The number of nitrogens with two attached hydrogens (primary N) is 1. The SMILES string of the molecule is COC(=O)CC#Cc1cncc(C(=O)NN)c1. The highest BCUT2D eigenvalue weighted by Crippen LogP contribution is 2.01. The Kier molecular flexibility index (Phi) is 4.66. The van der Waals surface area contributed by atoms with Gasteiger partial charge in [-0.25, -0.2) is 5.84 Å². The van der Waals surface area contributed by atoms with Crippen LogP contribution < -0.4 is 11.3 Å². The maximum atomic E-state index is 11.2. The molecule has 1 heterocycles. The number of nitrogens with one attached hydrogen (secondary N) is 1. The minimum atomic E-state index is -0.450. The lowest BCUT2D eigenvalue weighted by atomic mass is 10.2. The van der Waals surface area contributed by atoms with E-state index in [0.29, 0.717) is 11.1 Å². The van der Waals surface area contributed by atoms with Crippen molar-refractivity contribution in [3.63, 3.8) is 0 Å². The molecule has 88 valence electrons. The van der Waals surface area contributed by atoms with Crippen LogP contribution in [0, 0.1) is 11.8 Å². The molecule has 1 amide bonds. The highest BCUT2D eigenvalue weighted by Gasteiger charge is 2.03. The summed E-state index contributed by atoms with van der Waals surface area (Å²) in [7, 11) is 1.29. The summed E-state index contributed by atoms with van der Waals surface area (Å²) in [5, 5.41) is 0. The van der Waals surface area contributed by atoms with Crippen LogP contribution in [0.5, 0.6) is 0 Å². The van der Waals surface area contributed by atoms with Gasteiger partial charge in [-0.1, -0.05) is 11.8 Å². The Labute approximate surface area is 98.1 Å². The maximum absolute atomic E-state index is 11.2. The third-order valence-corrected chi connectivity index (χ3v) is 1.82. The molecule has 0 radical (unpaired) electrons. The number of rotatable bonds is 2. The van der Waals surface area contributed by atoms with Gasteiger partial charge in [0.2, 0.25) is 0 Å². The fourth-order valence-electron chi connectivity index (χ4n) is 1.01. The van der Waals surface area contributed by atoms with Crippen LogP contribution >= 0.6 is 0 Å².